The van der Waals surface area contributed by atoms with E-state index in [0.717, 1.165) is 31.9 Å². The number of aryl methyl sites for hydroxylation is 1. The van der Waals surface area contributed by atoms with Crippen molar-refractivity contribution in [1.82, 2.24) is 19.2 Å². The summed E-state index contributed by atoms with van der Waals surface area (Å²) in [4.78, 5) is 6.77. The molecule has 1 aromatic heterocycles. The van der Waals surface area contributed by atoms with Gasteiger partial charge in [0.2, 0.25) is 10.0 Å². The van der Waals surface area contributed by atoms with E-state index in [1.807, 2.05) is 19.4 Å². The topological polar surface area (TPSA) is 67.2 Å². The maximum absolute atomic E-state index is 11.1. The fourth-order valence-corrected chi connectivity index (χ4v) is 3.22. The fraction of sp³-hybridized carbons (Fsp3) is 0.769. The minimum Gasteiger partial charge on any atom is -0.337 e. The zero-order valence-corrected chi connectivity index (χ0v) is 13.1. The van der Waals surface area contributed by atoms with E-state index < -0.39 is 10.0 Å². The summed E-state index contributed by atoms with van der Waals surface area (Å²) in [6.07, 6.45) is 8.27. The van der Waals surface area contributed by atoms with Crippen LogP contribution in [0.15, 0.2) is 12.4 Å². The summed E-state index contributed by atoms with van der Waals surface area (Å²) in [6.45, 7) is 3.54. The van der Waals surface area contributed by atoms with E-state index in [1.165, 1.54) is 19.1 Å². The summed E-state index contributed by atoms with van der Waals surface area (Å²) < 4.78 is 26.7. The van der Waals surface area contributed by atoms with Crippen molar-refractivity contribution >= 4 is 10.0 Å². The zero-order valence-electron chi connectivity index (χ0n) is 12.2. The third-order valence-corrected chi connectivity index (χ3v) is 4.53. The minimum atomic E-state index is -3.06. The first-order valence-corrected chi connectivity index (χ1v) is 8.96. The summed E-state index contributed by atoms with van der Waals surface area (Å²) in [5.74, 6) is 1.65. The minimum absolute atomic E-state index is 0.541. The van der Waals surface area contributed by atoms with Gasteiger partial charge in [-0.1, -0.05) is 0 Å². The molecular formula is C13H24N4O2S. The molecule has 0 amide bonds. The van der Waals surface area contributed by atoms with Crippen LogP contribution in [-0.4, -0.2) is 48.8 Å². The molecule has 6 nitrogen and oxygen atoms in total. The van der Waals surface area contributed by atoms with Gasteiger partial charge in [-0.15, -0.1) is 0 Å². The van der Waals surface area contributed by atoms with Gasteiger partial charge in [-0.05, 0) is 31.7 Å². The molecule has 1 atom stereocenters. The van der Waals surface area contributed by atoms with Crippen LogP contribution in [-0.2, 0) is 23.6 Å². The van der Waals surface area contributed by atoms with Crippen LogP contribution in [0.2, 0.25) is 0 Å². The Morgan fingerprint density at radius 1 is 1.50 bits per heavy atom. The molecule has 2 rings (SSSR count). The summed E-state index contributed by atoms with van der Waals surface area (Å²) in [5.41, 5.74) is 0. The first kappa shape index (κ1) is 15.5. The molecule has 1 aliphatic rings. The molecule has 0 radical (unpaired) electrons. The van der Waals surface area contributed by atoms with Gasteiger partial charge < -0.3 is 4.57 Å². The lowest BCUT2D eigenvalue weighted by molar-refractivity contribution is 0.158. The van der Waals surface area contributed by atoms with Gasteiger partial charge in [-0.3, -0.25) is 4.90 Å². The molecule has 1 N–H and O–H groups in total. The highest BCUT2D eigenvalue weighted by atomic mass is 32.2. The first-order chi connectivity index (χ1) is 9.44. The molecule has 0 aromatic carbocycles. The van der Waals surface area contributed by atoms with Crippen LogP contribution in [0.3, 0.4) is 0 Å². The van der Waals surface area contributed by atoms with Gasteiger partial charge in [0.1, 0.15) is 5.82 Å². The normalized spacial score (nSPS) is 21.2. The van der Waals surface area contributed by atoms with Crippen LogP contribution in [0.1, 0.15) is 25.1 Å². The third kappa shape index (κ3) is 4.88. The van der Waals surface area contributed by atoms with E-state index in [9.17, 15) is 8.42 Å². The molecule has 1 fully saturated rings. The number of likely N-dealkylation sites (tertiary alicyclic amines) is 1. The third-order valence-electron chi connectivity index (χ3n) is 3.81. The lowest BCUT2D eigenvalue weighted by Gasteiger charge is -2.32. The summed E-state index contributed by atoms with van der Waals surface area (Å²) >= 11 is 0. The highest BCUT2D eigenvalue weighted by Crippen LogP contribution is 2.20. The van der Waals surface area contributed by atoms with Crippen molar-refractivity contribution in [2.45, 2.75) is 25.8 Å². The maximum atomic E-state index is 11.1. The van der Waals surface area contributed by atoms with Crippen molar-refractivity contribution in [3.63, 3.8) is 0 Å². The number of rotatable bonds is 6. The number of imidazole rings is 1. The van der Waals surface area contributed by atoms with Crippen molar-refractivity contribution in [3.8, 4) is 0 Å². The second-order valence-corrected chi connectivity index (χ2v) is 7.49. The SMILES string of the molecule is Cn1ccnc1CN1CCC[C@@H](CCNS(C)(=O)=O)C1. The second kappa shape index (κ2) is 6.69. The van der Waals surface area contributed by atoms with Crippen LogP contribution in [0.5, 0.6) is 0 Å². The fourth-order valence-electron chi connectivity index (χ4n) is 2.73. The molecule has 1 aromatic rings. The van der Waals surface area contributed by atoms with E-state index >= 15 is 0 Å². The van der Waals surface area contributed by atoms with E-state index in [-0.39, 0.29) is 0 Å². The Morgan fingerprint density at radius 3 is 2.95 bits per heavy atom. The molecule has 7 heteroatoms. The Labute approximate surface area is 121 Å². The summed E-state index contributed by atoms with van der Waals surface area (Å²) in [7, 11) is -1.05. The largest absolute Gasteiger partial charge is 0.337 e. The predicted molar refractivity (Wildman–Crippen MR) is 78.7 cm³/mol. The Balaban J connectivity index is 1.78. The number of sulfonamides is 1. The quantitative estimate of drug-likeness (QED) is 0.834. The van der Waals surface area contributed by atoms with Crippen LogP contribution < -0.4 is 4.72 Å². The van der Waals surface area contributed by atoms with E-state index in [4.69, 9.17) is 0 Å². The van der Waals surface area contributed by atoms with Gasteiger partial charge >= 0.3 is 0 Å². The molecule has 0 spiro atoms. The molecular weight excluding hydrogens is 276 g/mol. The van der Waals surface area contributed by atoms with Gasteiger partial charge in [-0.25, -0.2) is 18.1 Å². The molecule has 1 aliphatic heterocycles. The maximum Gasteiger partial charge on any atom is 0.208 e. The highest BCUT2D eigenvalue weighted by molar-refractivity contribution is 7.88. The molecule has 0 unspecified atom stereocenters. The molecule has 0 aliphatic carbocycles. The molecule has 0 bridgehead atoms. The number of nitrogens with zero attached hydrogens (tertiary/aromatic N) is 3. The number of hydrogen-bond acceptors (Lipinski definition) is 4. The Morgan fingerprint density at radius 2 is 2.30 bits per heavy atom. The van der Waals surface area contributed by atoms with Crippen LogP contribution in [0, 0.1) is 5.92 Å². The Bertz CT molecular complexity index is 526. The van der Waals surface area contributed by atoms with Gasteiger partial charge in [0.15, 0.2) is 0 Å². The number of piperidine rings is 1. The van der Waals surface area contributed by atoms with Crippen LogP contribution >= 0.6 is 0 Å². The molecule has 20 heavy (non-hydrogen) atoms. The Kier molecular flexibility index (Phi) is 5.17. The van der Waals surface area contributed by atoms with Crippen molar-refractivity contribution in [1.29, 1.82) is 0 Å². The van der Waals surface area contributed by atoms with Gasteiger partial charge in [0, 0.05) is 32.5 Å². The standard InChI is InChI=1S/C13H24N4O2S/c1-16-9-7-14-13(16)11-17-8-3-4-12(10-17)5-6-15-20(2,18)19/h7,9,12,15H,3-6,8,10-11H2,1-2H3/t12-/m0/s1. The molecule has 0 saturated carbocycles. The number of nitrogens with one attached hydrogen (secondary N) is 1. The highest BCUT2D eigenvalue weighted by Gasteiger charge is 2.20. The average molecular weight is 300 g/mol. The monoisotopic (exact) mass is 300 g/mol. The lowest BCUT2D eigenvalue weighted by Crippen LogP contribution is -2.37. The average Bonchev–Trinajstić information content (AvgIpc) is 2.74. The van der Waals surface area contributed by atoms with Crippen LogP contribution in [0.25, 0.3) is 0 Å². The number of aromatic nitrogens is 2. The number of hydrogen-bond donors (Lipinski definition) is 1. The first-order valence-electron chi connectivity index (χ1n) is 7.07. The van der Waals surface area contributed by atoms with Crippen molar-refractivity contribution in [2.75, 3.05) is 25.9 Å². The van der Waals surface area contributed by atoms with E-state index in [0.29, 0.717) is 12.5 Å². The predicted octanol–water partition coefficient (Wildman–Crippen LogP) is 0.571. The van der Waals surface area contributed by atoms with Gasteiger partial charge in [-0.2, -0.15) is 0 Å². The molecule has 114 valence electrons. The van der Waals surface area contributed by atoms with Gasteiger partial charge in [0.25, 0.3) is 0 Å². The summed E-state index contributed by atoms with van der Waals surface area (Å²) in [5, 5.41) is 0. The second-order valence-electron chi connectivity index (χ2n) is 5.65. The molecule has 1 saturated heterocycles. The summed E-state index contributed by atoms with van der Waals surface area (Å²) in [6, 6.07) is 0. The van der Waals surface area contributed by atoms with E-state index in [2.05, 4.69) is 19.2 Å². The zero-order chi connectivity index (χ0) is 14.6. The van der Waals surface area contributed by atoms with Gasteiger partial charge in [0.05, 0.1) is 12.8 Å². The lowest BCUT2D eigenvalue weighted by atomic mass is 9.95. The molecule has 2 heterocycles. The Hall–Kier alpha value is -0.920. The van der Waals surface area contributed by atoms with Crippen molar-refractivity contribution in [3.05, 3.63) is 18.2 Å². The van der Waals surface area contributed by atoms with E-state index in [1.54, 1.807) is 0 Å². The van der Waals surface area contributed by atoms with Crippen LogP contribution in [0.4, 0.5) is 0 Å². The smallest absolute Gasteiger partial charge is 0.208 e. The van der Waals surface area contributed by atoms with Crippen molar-refractivity contribution < 1.29 is 8.42 Å². The van der Waals surface area contributed by atoms with Crippen molar-refractivity contribution in [2.24, 2.45) is 13.0 Å².